The second-order valence-electron chi connectivity index (χ2n) is 3.57. The van der Waals surface area contributed by atoms with E-state index in [-0.39, 0.29) is 7.92 Å². The summed E-state index contributed by atoms with van der Waals surface area (Å²) in [6.45, 7) is 0. The van der Waals surface area contributed by atoms with Gasteiger partial charge in [0.25, 0.3) is 0 Å². The summed E-state index contributed by atoms with van der Waals surface area (Å²) in [4.78, 5) is 1.13. The maximum atomic E-state index is 5.88. The molecular formula is C14H14ClPPd. The molecule has 2 aromatic rings. The minimum atomic E-state index is -0.229. The molecule has 17 heavy (non-hydrogen) atoms. The van der Waals surface area contributed by atoms with Gasteiger partial charge in [-0.2, -0.15) is 0 Å². The van der Waals surface area contributed by atoms with Crippen LogP contribution in [0.15, 0.2) is 60.7 Å². The zero-order valence-corrected chi connectivity index (χ0v) is 12.5. The molecule has 0 saturated carbocycles. The van der Waals surface area contributed by atoms with Crippen molar-refractivity contribution in [3.8, 4) is 0 Å². The zero-order valence-electron chi connectivity index (χ0n) is 9.33. The Kier molecular flexibility index (Phi) is 5.69. The first kappa shape index (κ1) is 13.3. The van der Waals surface area contributed by atoms with Gasteiger partial charge in [0.05, 0.1) is 0 Å². The van der Waals surface area contributed by atoms with E-state index in [4.69, 9.17) is 9.53 Å². The second-order valence-corrected chi connectivity index (χ2v) is 8.09. The molecule has 0 aliphatic heterocycles. The predicted molar refractivity (Wildman–Crippen MR) is 74.6 cm³/mol. The van der Waals surface area contributed by atoms with Crippen LogP contribution in [0.25, 0.3) is 0 Å². The molecule has 0 bridgehead atoms. The van der Waals surface area contributed by atoms with E-state index >= 15 is 0 Å². The van der Waals surface area contributed by atoms with Crippen LogP contribution in [-0.4, -0.2) is 6.16 Å². The van der Waals surface area contributed by atoms with Crippen LogP contribution in [0.5, 0.6) is 0 Å². The van der Waals surface area contributed by atoms with Gasteiger partial charge in [-0.05, 0) is 0 Å². The van der Waals surface area contributed by atoms with Crippen LogP contribution in [0, 0.1) is 0 Å². The van der Waals surface area contributed by atoms with Crippen molar-refractivity contribution < 1.29 is 17.0 Å². The van der Waals surface area contributed by atoms with Crippen molar-refractivity contribution in [2.45, 2.75) is 4.89 Å². The summed E-state index contributed by atoms with van der Waals surface area (Å²) in [6, 6.07) is 21.6. The Hall–Kier alpha value is -0.178. The van der Waals surface area contributed by atoms with Crippen LogP contribution in [0.2, 0.25) is 4.89 Å². The van der Waals surface area contributed by atoms with E-state index in [1.807, 2.05) is 0 Å². The van der Waals surface area contributed by atoms with Gasteiger partial charge in [0.1, 0.15) is 0 Å². The first-order valence-electron chi connectivity index (χ1n) is 5.43. The zero-order chi connectivity index (χ0) is 11.9. The molecule has 0 spiro atoms. The predicted octanol–water partition coefficient (Wildman–Crippen LogP) is 3.77. The van der Waals surface area contributed by atoms with Crippen molar-refractivity contribution in [2.24, 2.45) is 0 Å². The van der Waals surface area contributed by atoms with Crippen molar-refractivity contribution >= 4 is 28.1 Å². The average molecular weight is 355 g/mol. The molecule has 0 aliphatic carbocycles. The Balaban J connectivity index is 2.26. The van der Waals surface area contributed by atoms with Crippen LogP contribution in [0.1, 0.15) is 0 Å². The van der Waals surface area contributed by atoms with Gasteiger partial charge in [0.2, 0.25) is 0 Å². The van der Waals surface area contributed by atoms with Crippen LogP contribution in [-0.2, 0) is 17.0 Å². The van der Waals surface area contributed by atoms with Crippen LogP contribution in [0.3, 0.4) is 0 Å². The number of benzene rings is 2. The fraction of sp³-hybridized carbons (Fsp3) is 0.143. The fourth-order valence-corrected chi connectivity index (χ4v) is 6.18. The topological polar surface area (TPSA) is 0 Å². The van der Waals surface area contributed by atoms with Gasteiger partial charge in [-0.15, -0.1) is 0 Å². The van der Waals surface area contributed by atoms with Crippen molar-refractivity contribution in [3.63, 3.8) is 0 Å². The Bertz CT molecular complexity index is 393. The van der Waals surface area contributed by atoms with Crippen LogP contribution >= 0.6 is 17.5 Å². The van der Waals surface area contributed by atoms with Gasteiger partial charge in [0.15, 0.2) is 0 Å². The molecule has 92 valence electrons. The number of halogens is 1. The summed E-state index contributed by atoms with van der Waals surface area (Å²) in [5, 5.41) is 2.90. The molecule has 0 aliphatic rings. The van der Waals surface area contributed by atoms with Crippen LogP contribution < -0.4 is 10.6 Å². The summed E-state index contributed by atoms with van der Waals surface area (Å²) in [5.74, 6) is 0. The summed E-state index contributed by atoms with van der Waals surface area (Å²) < 4.78 is 0. The number of hydrogen-bond acceptors (Lipinski definition) is 0. The number of hydrogen-bond donors (Lipinski definition) is 0. The molecule has 3 heteroatoms. The molecule has 0 aromatic heterocycles. The normalized spacial score (nSPS) is 10.9. The van der Waals surface area contributed by atoms with E-state index in [2.05, 4.69) is 60.7 Å². The molecule has 2 rings (SSSR count). The molecule has 0 fully saturated rings. The Morgan fingerprint density at radius 1 is 0.824 bits per heavy atom. The van der Waals surface area contributed by atoms with Crippen LogP contribution in [0.4, 0.5) is 0 Å². The van der Waals surface area contributed by atoms with Gasteiger partial charge in [-0.1, -0.05) is 0 Å². The van der Waals surface area contributed by atoms with Crippen molar-refractivity contribution in [1.82, 2.24) is 0 Å². The van der Waals surface area contributed by atoms with Gasteiger partial charge in [-0.3, -0.25) is 0 Å². The Labute approximate surface area is 116 Å². The summed E-state index contributed by atoms with van der Waals surface area (Å²) >= 11 is 0.353. The molecule has 0 radical (unpaired) electrons. The molecule has 0 saturated heterocycles. The standard InChI is InChI=1S/C14H14P.ClH.Pd/c1-2-15(13-9-5-3-6-10-13)14-11-7-4-8-12-14;;/h3-12H,1-2H2;1H;/q;;+1/p-1. The third-order valence-corrected chi connectivity index (χ3v) is 6.97. The molecule has 0 unspecified atom stereocenters. The first-order chi connectivity index (χ1) is 8.42. The third-order valence-electron chi connectivity index (χ3n) is 2.49. The van der Waals surface area contributed by atoms with Crippen molar-refractivity contribution in [2.75, 3.05) is 6.16 Å². The maximum absolute atomic E-state index is 5.88. The SMILES string of the molecule is [Cl][Pd][CH2]CP(c1ccccc1)c1ccccc1. The molecule has 0 N–H and O–H groups in total. The van der Waals surface area contributed by atoms with E-state index in [0.29, 0.717) is 17.0 Å². The average Bonchev–Trinajstić information content (AvgIpc) is 2.42. The van der Waals surface area contributed by atoms with Gasteiger partial charge < -0.3 is 0 Å². The summed E-state index contributed by atoms with van der Waals surface area (Å²) in [5.41, 5.74) is 0. The Morgan fingerprint density at radius 2 is 1.29 bits per heavy atom. The van der Waals surface area contributed by atoms with Crippen molar-refractivity contribution in [1.29, 1.82) is 0 Å². The van der Waals surface area contributed by atoms with E-state index in [0.717, 1.165) is 4.89 Å². The molecule has 0 nitrogen and oxygen atoms in total. The van der Waals surface area contributed by atoms with E-state index in [9.17, 15) is 0 Å². The number of rotatable bonds is 5. The van der Waals surface area contributed by atoms with E-state index < -0.39 is 0 Å². The van der Waals surface area contributed by atoms with Crippen molar-refractivity contribution in [3.05, 3.63) is 60.7 Å². The monoisotopic (exact) mass is 354 g/mol. The van der Waals surface area contributed by atoms with Gasteiger partial charge >= 0.3 is 117 Å². The fourth-order valence-electron chi connectivity index (χ4n) is 1.72. The molecule has 0 heterocycles. The first-order valence-corrected chi connectivity index (χ1v) is 10.1. The van der Waals surface area contributed by atoms with Gasteiger partial charge in [0, 0.05) is 0 Å². The van der Waals surface area contributed by atoms with E-state index in [1.54, 1.807) is 0 Å². The molecule has 0 amide bonds. The summed E-state index contributed by atoms with van der Waals surface area (Å²) in [6.07, 6.45) is 1.20. The third kappa shape index (κ3) is 3.91. The van der Waals surface area contributed by atoms with Gasteiger partial charge in [-0.25, -0.2) is 0 Å². The summed E-state index contributed by atoms with van der Waals surface area (Å²) in [7, 11) is 5.65. The molecule has 0 atom stereocenters. The molecular weight excluding hydrogens is 341 g/mol. The minimum absolute atomic E-state index is 0.229. The van der Waals surface area contributed by atoms with E-state index in [1.165, 1.54) is 16.8 Å². The molecule has 2 aromatic carbocycles. The second kappa shape index (κ2) is 7.30. The Morgan fingerprint density at radius 3 is 1.71 bits per heavy atom. The quantitative estimate of drug-likeness (QED) is 0.566.